The molecule has 2 N–H and O–H groups in total. The van der Waals surface area contributed by atoms with Crippen LogP contribution in [0.4, 0.5) is 0 Å². The molecular formula is C10H12BrNO5S2. The summed E-state index contributed by atoms with van der Waals surface area (Å²) in [5.41, 5.74) is -1.48. The lowest BCUT2D eigenvalue weighted by Crippen LogP contribution is -2.57. The first-order valence-corrected chi connectivity index (χ1v) is 8.55. The molecule has 1 aromatic rings. The van der Waals surface area contributed by atoms with Crippen LogP contribution in [0.25, 0.3) is 0 Å². The number of sulfonamides is 1. The van der Waals surface area contributed by atoms with Crippen LogP contribution in [-0.2, 0) is 19.6 Å². The van der Waals surface area contributed by atoms with Crippen molar-refractivity contribution in [2.75, 3.05) is 13.2 Å². The van der Waals surface area contributed by atoms with E-state index in [1.807, 2.05) is 0 Å². The number of hydrogen-bond acceptors (Lipinski definition) is 5. The Bertz CT molecular complexity index is 576. The van der Waals surface area contributed by atoms with Gasteiger partial charge in [-0.05, 0) is 28.1 Å². The van der Waals surface area contributed by atoms with Gasteiger partial charge in [0, 0.05) is 26.1 Å². The zero-order valence-corrected chi connectivity index (χ0v) is 13.0. The summed E-state index contributed by atoms with van der Waals surface area (Å²) in [4.78, 5) is 11.4. The van der Waals surface area contributed by atoms with Crippen LogP contribution >= 0.6 is 27.3 Å². The predicted molar refractivity (Wildman–Crippen MR) is 72.8 cm³/mol. The molecule has 19 heavy (non-hydrogen) atoms. The number of nitrogens with one attached hydrogen (secondary N) is 1. The summed E-state index contributed by atoms with van der Waals surface area (Å²) < 4.78 is 32.6. The molecule has 0 amide bonds. The molecule has 9 heteroatoms. The monoisotopic (exact) mass is 369 g/mol. The van der Waals surface area contributed by atoms with E-state index in [1.54, 1.807) is 6.07 Å². The smallest absolute Gasteiger partial charge is 0.325 e. The number of carboxylic acids is 1. The molecule has 0 radical (unpaired) electrons. The Labute approximate surface area is 123 Å². The Hall–Kier alpha value is -0.480. The Morgan fingerprint density at radius 3 is 2.53 bits per heavy atom. The van der Waals surface area contributed by atoms with Crippen LogP contribution in [0.15, 0.2) is 20.1 Å². The fourth-order valence-corrected chi connectivity index (χ4v) is 5.26. The van der Waals surface area contributed by atoms with Crippen LogP contribution in [0.3, 0.4) is 0 Å². The van der Waals surface area contributed by atoms with Crippen molar-refractivity contribution in [3.63, 3.8) is 0 Å². The lowest BCUT2D eigenvalue weighted by molar-refractivity contribution is -0.147. The van der Waals surface area contributed by atoms with E-state index >= 15 is 0 Å². The van der Waals surface area contributed by atoms with Gasteiger partial charge in [0.15, 0.2) is 0 Å². The van der Waals surface area contributed by atoms with Crippen LogP contribution in [0.2, 0.25) is 0 Å². The van der Waals surface area contributed by atoms with Crippen molar-refractivity contribution in [3.8, 4) is 0 Å². The summed E-state index contributed by atoms with van der Waals surface area (Å²) in [6.07, 6.45) is 0.238. The van der Waals surface area contributed by atoms with Gasteiger partial charge in [0.25, 0.3) is 10.0 Å². The van der Waals surface area contributed by atoms with Gasteiger partial charge in [-0.3, -0.25) is 4.79 Å². The molecule has 1 aliphatic rings. The minimum absolute atomic E-state index is 0.0893. The summed E-state index contributed by atoms with van der Waals surface area (Å²) in [6, 6.07) is 3.04. The van der Waals surface area contributed by atoms with Crippen LogP contribution in [-0.4, -0.2) is 38.2 Å². The van der Waals surface area contributed by atoms with E-state index in [1.165, 1.54) is 6.07 Å². The van der Waals surface area contributed by atoms with Crippen molar-refractivity contribution in [3.05, 3.63) is 15.9 Å². The van der Waals surface area contributed by atoms with Crippen LogP contribution < -0.4 is 4.72 Å². The van der Waals surface area contributed by atoms with Crippen LogP contribution in [0, 0.1) is 0 Å². The zero-order valence-electron chi connectivity index (χ0n) is 9.76. The maximum absolute atomic E-state index is 12.2. The molecule has 2 heterocycles. The van der Waals surface area contributed by atoms with Crippen molar-refractivity contribution in [1.29, 1.82) is 0 Å². The normalized spacial score (nSPS) is 19.2. The summed E-state index contributed by atoms with van der Waals surface area (Å²) in [5, 5.41) is 9.32. The van der Waals surface area contributed by atoms with Gasteiger partial charge >= 0.3 is 5.97 Å². The maximum Gasteiger partial charge on any atom is 0.325 e. The van der Waals surface area contributed by atoms with Crippen molar-refractivity contribution < 1.29 is 23.1 Å². The van der Waals surface area contributed by atoms with Gasteiger partial charge in [0.1, 0.15) is 9.75 Å². The second-order valence-corrected chi connectivity index (χ2v) is 8.54. The molecule has 0 aromatic carbocycles. The highest BCUT2D eigenvalue weighted by Gasteiger charge is 2.44. The molecule has 0 bridgehead atoms. The zero-order chi connectivity index (χ0) is 14.1. The van der Waals surface area contributed by atoms with E-state index < -0.39 is 21.5 Å². The predicted octanol–water partition coefficient (Wildman–Crippen LogP) is 1.42. The van der Waals surface area contributed by atoms with E-state index in [9.17, 15) is 18.3 Å². The number of thiophene rings is 1. The minimum Gasteiger partial charge on any atom is -0.480 e. The third kappa shape index (κ3) is 3.16. The van der Waals surface area contributed by atoms with E-state index in [0.717, 1.165) is 11.3 Å². The first-order chi connectivity index (χ1) is 8.86. The number of hydrogen-bond donors (Lipinski definition) is 2. The minimum atomic E-state index is -3.84. The standard InChI is InChI=1S/C10H12BrNO5S2/c11-7-1-2-8(18-7)19(15,16)12-10(9(13)14)3-5-17-6-4-10/h1-2,12H,3-6H2,(H,13,14). The molecule has 1 aromatic heterocycles. The lowest BCUT2D eigenvalue weighted by atomic mass is 9.92. The second kappa shape index (κ2) is 5.49. The maximum atomic E-state index is 12.2. The highest BCUT2D eigenvalue weighted by molar-refractivity contribution is 9.11. The molecular weight excluding hydrogens is 358 g/mol. The fraction of sp³-hybridized carbons (Fsp3) is 0.500. The number of ether oxygens (including phenoxy) is 1. The SMILES string of the molecule is O=C(O)C1(NS(=O)(=O)c2ccc(Br)s2)CCOCC1. The fourth-order valence-electron chi connectivity index (χ4n) is 1.83. The largest absolute Gasteiger partial charge is 0.480 e. The summed E-state index contributed by atoms with van der Waals surface area (Å²) in [7, 11) is -3.84. The lowest BCUT2D eigenvalue weighted by Gasteiger charge is -2.33. The Morgan fingerprint density at radius 2 is 2.05 bits per heavy atom. The number of aliphatic carboxylic acids is 1. The van der Waals surface area contributed by atoms with Gasteiger partial charge in [-0.15, -0.1) is 11.3 Å². The van der Waals surface area contributed by atoms with E-state index in [2.05, 4.69) is 20.7 Å². The van der Waals surface area contributed by atoms with E-state index in [0.29, 0.717) is 3.79 Å². The molecule has 0 atom stereocenters. The van der Waals surface area contributed by atoms with Crippen molar-refractivity contribution in [1.82, 2.24) is 4.72 Å². The van der Waals surface area contributed by atoms with Crippen molar-refractivity contribution in [2.24, 2.45) is 0 Å². The third-order valence-electron chi connectivity index (χ3n) is 2.90. The molecule has 0 saturated carbocycles. The molecule has 1 aliphatic heterocycles. The van der Waals surface area contributed by atoms with Crippen LogP contribution in [0.5, 0.6) is 0 Å². The summed E-state index contributed by atoms with van der Waals surface area (Å²) >= 11 is 4.22. The number of halogens is 1. The number of rotatable bonds is 4. The van der Waals surface area contributed by atoms with Gasteiger partial charge in [0.2, 0.25) is 0 Å². The molecule has 1 saturated heterocycles. The van der Waals surface area contributed by atoms with Crippen LogP contribution in [0.1, 0.15) is 12.8 Å². The van der Waals surface area contributed by atoms with E-state index in [-0.39, 0.29) is 30.3 Å². The second-order valence-electron chi connectivity index (χ2n) is 4.16. The topological polar surface area (TPSA) is 92.7 Å². The van der Waals surface area contributed by atoms with E-state index in [4.69, 9.17) is 4.74 Å². The molecule has 0 spiro atoms. The Balaban J connectivity index is 2.29. The summed E-state index contributed by atoms with van der Waals surface area (Å²) in [6.45, 7) is 0.450. The molecule has 0 aliphatic carbocycles. The molecule has 1 fully saturated rings. The van der Waals surface area contributed by atoms with Gasteiger partial charge in [-0.2, -0.15) is 4.72 Å². The first-order valence-electron chi connectivity index (χ1n) is 5.46. The quantitative estimate of drug-likeness (QED) is 0.836. The molecule has 106 valence electrons. The Morgan fingerprint density at radius 1 is 1.42 bits per heavy atom. The van der Waals surface area contributed by atoms with Crippen molar-refractivity contribution in [2.45, 2.75) is 22.6 Å². The molecule has 2 rings (SSSR count). The third-order valence-corrected chi connectivity index (χ3v) is 6.55. The van der Waals surface area contributed by atoms with Gasteiger partial charge in [-0.1, -0.05) is 0 Å². The average Bonchev–Trinajstić information content (AvgIpc) is 2.77. The molecule has 0 unspecified atom stereocenters. The van der Waals surface area contributed by atoms with Gasteiger partial charge in [-0.25, -0.2) is 8.42 Å². The van der Waals surface area contributed by atoms with Gasteiger partial charge in [0.05, 0.1) is 3.79 Å². The summed E-state index contributed by atoms with van der Waals surface area (Å²) in [5.74, 6) is -1.17. The Kier molecular flexibility index (Phi) is 4.31. The number of carbonyl (C=O) groups is 1. The number of carboxylic acid groups (broad SMARTS) is 1. The first kappa shape index (κ1) is 14.9. The van der Waals surface area contributed by atoms with Gasteiger partial charge < -0.3 is 9.84 Å². The molecule has 6 nitrogen and oxygen atoms in total. The highest BCUT2D eigenvalue weighted by atomic mass is 79.9. The van der Waals surface area contributed by atoms with Crippen molar-refractivity contribution >= 4 is 43.3 Å². The highest BCUT2D eigenvalue weighted by Crippen LogP contribution is 2.29. The average molecular weight is 370 g/mol.